The van der Waals surface area contributed by atoms with Crippen LogP contribution < -0.4 is 0 Å². The van der Waals surface area contributed by atoms with Gasteiger partial charge in [-0.05, 0) is 39.5 Å². The maximum atomic E-state index is 12.8. The van der Waals surface area contributed by atoms with Crippen molar-refractivity contribution in [1.82, 2.24) is 0 Å². The van der Waals surface area contributed by atoms with Crippen LogP contribution in [0.15, 0.2) is 24.3 Å². The van der Waals surface area contributed by atoms with Gasteiger partial charge >= 0.3 is 0 Å². The summed E-state index contributed by atoms with van der Waals surface area (Å²) in [5.74, 6) is 0.419. The molecule has 1 saturated carbocycles. The van der Waals surface area contributed by atoms with E-state index in [1.54, 1.807) is 0 Å². The second-order valence-corrected chi connectivity index (χ2v) is 6.61. The van der Waals surface area contributed by atoms with E-state index in [2.05, 4.69) is 27.0 Å². The molecule has 0 saturated heterocycles. The number of rotatable bonds is 4. The van der Waals surface area contributed by atoms with Gasteiger partial charge in [0.05, 0.1) is 0 Å². The first kappa shape index (κ1) is 14.2. The molecule has 0 aromatic carbocycles. The zero-order valence-corrected chi connectivity index (χ0v) is 11.9. The molecular formula is C16H26O. The quantitative estimate of drug-likeness (QED) is 0.645. The Morgan fingerprint density at radius 3 is 2.00 bits per heavy atom. The molecule has 0 radical (unpaired) electrons. The van der Waals surface area contributed by atoms with Crippen LogP contribution in [0.1, 0.15) is 59.8 Å². The van der Waals surface area contributed by atoms with E-state index in [0.29, 0.717) is 5.78 Å². The summed E-state index contributed by atoms with van der Waals surface area (Å²) in [6.07, 6.45) is 4.79. The van der Waals surface area contributed by atoms with Crippen molar-refractivity contribution < 1.29 is 4.79 Å². The van der Waals surface area contributed by atoms with Crippen molar-refractivity contribution in [3.05, 3.63) is 24.3 Å². The summed E-state index contributed by atoms with van der Waals surface area (Å²) >= 11 is 0. The molecule has 1 heteroatoms. The molecule has 1 aliphatic rings. The first-order chi connectivity index (χ1) is 7.69. The van der Waals surface area contributed by atoms with Gasteiger partial charge in [-0.3, -0.25) is 4.79 Å². The van der Waals surface area contributed by atoms with Gasteiger partial charge in [-0.2, -0.15) is 0 Å². The fraction of sp³-hybridized carbons (Fsp3) is 0.688. The third-order valence-corrected chi connectivity index (χ3v) is 3.83. The van der Waals surface area contributed by atoms with E-state index in [0.717, 1.165) is 43.3 Å². The fourth-order valence-corrected chi connectivity index (χ4v) is 3.37. The zero-order chi connectivity index (χ0) is 13.3. The predicted molar refractivity (Wildman–Crippen MR) is 73.9 cm³/mol. The van der Waals surface area contributed by atoms with Crippen LogP contribution in [-0.2, 0) is 4.79 Å². The summed E-state index contributed by atoms with van der Waals surface area (Å²) in [6, 6.07) is 0. The highest BCUT2D eigenvalue weighted by atomic mass is 16.1. The molecule has 0 spiro atoms. The molecule has 0 aromatic rings. The standard InChI is InChI=1S/C16H26O/c1-12(2)10-16(11-13(3)4)9-7-8-15(5,6)14(16)17/h1,3,7-11H2,2,4-6H3. The van der Waals surface area contributed by atoms with Gasteiger partial charge in [-0.15, -0.1) is 13.2 Å². The summed E-state index contributed by atoms with van der Waals surface area (Å²) in [5, 5.41) is 0. The Morgan fingerprint density at radius 2 is 1.59 bits per heavy atom. The van der Waals surface area contributed by atoms with Crippen LogP contribution in [0.25, 0.3) is 0 Å². The Morgan fingerprint density at radius 1 is 1.12 bits per heavy atom. The summed E-state index contributed by atoms with van der Waals surface area (Å²) in [7, 11) is 0. The van der Waals surface area contributed by atoms with Gasteiger partial charge in [0.25, 0.3) is 0 Å². The molecule has 1 nitrogen and oxygen atoms in total. The fourth-order valence-electron chi connectivity index (χ4n) is 3.37. The normalized spacial score (nSPS) is 22.2. The zero-order valence-electron chi connectivity index (χ0n) is 11.9. The van der Waals surface area contributed by atoms with E-state index < -0.39 is 0 Å². The van der Waals surface area contributed by atoms with Crippen LogP contribution in [0.3, 0.4) is 0 Å². The highest BCUT2D eigenvalue weighted by Gasteiger charge is 2.47. The van der Waals surface area contributed by atoms with Gasteiger partial charge in [-0.1, -0.05) is 31.4 Å². The SMILES string of the molecule is C=C(C)CC1(CC(=C)C)CCCC(C)(C)C1=O. The van der Waals surface area contributed by atoms with Crippen LogP contribution in [-0.4, -0.2) is 5.78 Å². The number of hydrogen-bond donors (Lipinski definition) is 0. The van der Waals surface area contributed by atoms with Crippen LogP contribution in [0, 0.1) is 10.8 Å². The van der Waals surface area contributed by atoms with Gasteiger partial charge < -0.3 is 0 Å². The lowest BCUT2D eigenvalue weighted by molar-refractivity contribution is -0.142. The number of Topliss-reactive ketones (excluding diaryl/α,β-unsaturated/α-hetero) is 1. The van der Waals surface area contributed by atoms with E-state index in [1.165, 1.54) is 0 Å². The molecule has 0 aromatic heterocycles. The minimum atomic E-state index is -0.223. The lowest BCUT2D eigenvalue weighted by atomic mass is 9.58. The second-order valence-electron chi connectivity index (χ2n) is 6.61. The highest BCUT2D eigenvalue weighted by molar-refractivity contribution is 5.91. The van der Waals surface area contributed by atoms with E-state index in [9.17, 15) is 4.79 Å². The molecule has 17 heavy (non-hydrogen) atoms. The van der Waals surface area contributed by atoms with E-state index >= 15 is 0 Å². The Labute approximate surface area is 106 Å². The number of hydrogen-bond acceptors (Lipinski definition) is 1. The molecule has 96 valence electrons. The number of carbonyl (C=O) groups is 1. The average molecular weight is 234 g/mol. The van der Waals surface area contributed by atoms with E-state index in [-0.39, 0.29) is 10.8 Å². The van der Waals surface area contributed by atoms with E-state index in [1.807, 2.05) is 13.8 Å². The van der Waals surface area contributed by atoms with E-state index in [4.69, 9.17) is 0 Å². The number of ketones is 1. The van der Waals surface area contributed by atoms with Gasteiger partial charge in [-0.25, -0.2) is 0 Å². The van der Waals surface area contributed by atoms with Gasteiger partial charge in [0, 0.05) is 10.8 Å². The second kappa shape index (κ2) is 4.80. The summed E-state index contributed by atoms with van der Waals surface area (Å²) in [6.45, 7) is 16.2. The van der Waals surface area contributed by atoms with Crippen LogP contribution in [0.5, 0.6) is 0 Å². The van der Waals surface area contributed by atoms with Crippen molar-refractivity contribution in [2.75, 3.05) is 0 Å². The Balaban J connectivity index is 3.07. The number of allylic oxidation sites excluding steroid dienone is 2. The predicted octanol–water partition coefficient (Wildman–Crippen LogP) is 4.68. The Bertz CT molecular complexity index is 331. The molecule has 0 atom stereocenters. The van der Waals surface area contributed by atoms with Gasteiger partial charge in [0.15, 0.2) is 0 Å². The third kappa shape index (κ3) is 3.08. The molecule has 0 amide bonds. The Hall–Kier alpha value is -0.850. The minimum absolute atomic E-state index is 0.177. The Kier molecular flexibility index (Phi) is 4.01. The lowest BCUT2D eigenvalue weighted by Gasteiger charge is -2.44. The molecule has 1 fully saturated rings. The molecule has 1 rings (SSSR count). The molecule has 1 aliphatic carbocycles. The van der Waals surface area contributed by atoms with Crippen molar-refractivity contribution >= 4 is 5.78 Å². The van der Waals surface area contributed by atoms with Crippen LogP contribution in [0.4, 0.5) is 0 Å². The summed E-state index contributed by atoms with van der Waals surface area (Å²) < 4.78 is 0. The van der Waals surface area contributed by atoms with Crippen molar-refractivity contribution in [3.8, 4) is 0 Å². The van der Waals surface area contributed by atoms with Crippen molar-refractivity contribution in [2.45, 2.75) is 59.8 Å². The summed E-state index contributed by atoms with van der Waals surface area (Å²) in [4.78, 5) is 12.8. The lowest BCUT2D eigenvalue weighted by Crippen LogP contribution is -2.44. The molecule has 0 N–H and O–H groups in total. The van der Waals surface area contributed by atoms with Gasteiger partial charge in [0.2, 0.25) is 0 Å². The molecular weight excluding hydrogens is 208 g/mol. The first-order valence-electron chi connectivity index (χ1n) is 6.53. The average Bonchev–Trinajstić information content (AvgIpc) is 2.11. The van der Waals surface area contributed by atoms with Gasteiger partial charge in [0.1, 0.15) is 5.78 Å². The summed E-state index contributed by atoms with van der Waals surface area (Å²) in [5.41, 5.74) is 1.82. The largest absolute Gasteiger partial charge is 0.298 e. The van der Waals surface area contributed by atoms with Crippen LogP contribution in [0.2, 0.25) is 0 Å². The van der Waals surface area contributed by atoms with Crippen molar-refractivity contribution in [1.29, 1.82) is 0 Å². The van der Waals surface area contributed by atoms with Crippen LogP contribution >= 0.6 is 0 Å². The number of carbonyl (C=O) groups excluding carboxylic acids is 1. The topological polar surface area (TPSA) is 17.1 Å². The molecule has 0 aliphatic heterocycles. The monoisotopic (exact) mass is 234 g/mol. The molecule has 0 bridgehead atoms. The van der Waals surface area contributed by atoms with Crippen molar-refractivity contribution in [2.24, 2.45) is 10.8 Å². The third-order valence-electron chi connectivity index (χ3n) is 3.83. The maximum Gasteiger partial charge on any atom is 0.145 e. The smallest absolute Gasteiger partial charge is 0.145 e. The minimum Gasteiger partial charge on any atom is -0.298 e. The maximum absolute atomic E-state index is 12.8. The molecule has 0 heterocycles. The first-order valence-corrected chi connectivity index (χ1v) is 6.53. The highest BCUT2D eigenvalue weighted by Crippen LogP contribution is 2.49. The molecule has 0 unspecified atom stereocenters. The van der Waals surface area contributed by atoms with Crippen molar-refractivity contribution in [3.63, 3.8) is 0 Å².